The Labute approximate surface area is 100 Å². The van der Waals surface area contributed by atoms with Gasteiger partial charge in [-0.15, -0.1) is 0 Å². The van der Waals surface area contributed by atoms with Gasteiger partial charge >= 0.3 is 0 Å². The van der Waals surface area contributed by atoms with E-state index in [9.17, 15) is 0 Å². The highest BCUT2D eigenvalue weighted by atomic mass is 32.1. The Hall–Kier alpha value is 0.310. The smallest absolute Gasteiger partial charge is 0.00458 e. The highest BCUT2D eigenvalue weighted by Gasteiger charge is 2.32. The SMILES string of the molecule is SCC1(CN2CCCC2)CCCCCC1. The Bertz CT molecular complexity index is 179. The number of hydrogen-bond acceptors (Lipinski definition) is 2. The van der Waals surface area contributed by atoms with Crippen LogP contribution in [0.15, 0.2) is 0 Å². The number of likely N-dealkylation sites (tertiary alicyclic amines) is 1. The Balaban J connectivity index is 1.92. The fourth-order valence-electron chi connectivity index (χ4n) is 3.26. The monoisotopic (exact) mass is 227 g/mol. The highest BCUT2D eigenvalue weighted by Crippen LogP contribution is 2.37. The van der Waals surface area contributed by atoms with Crippen molar-refractivity contribution in [3.05, 3.63) is 0 Å². The second kappa shape index (κ2) is 5.58. The molecule has 2 aliphatic rings. The van der Waals surface area contributed by atoms with Crippen LogP contribution in [0.4, 0.5) is 0 Å². The van der Waals surface area contributed by atoms with Gasteiger partial charge in [0.1, 0.15) is 0 Å². The fraction of sp³-hybridized carbons (Fsp3) is 1.00. The van der Waals surface area contributed by atoms with Crippen molar-refractivity contribution in [1.29, 1.82) is 0 Å². The predicted molar refractivity (Wildman–Crippen MR) is 69.7 cm³/mol. The summed E-state index contributed by atoms with van der Waals surface area (Å²) in [4.78, 5) is 2.68. The molecular weight excluding hydrogens is 202 g/mol. The molecule has 0 spiro atoms. The van der Waals surface area contributed by atoms with Crippen LogP contribution >= 0.6 is 12.6 Å². The molecule has 0 aromatic carbocycles. The Kier molecular flexibility index (Phi) is 4.39. The number of hydrogen-bond donors (Lipinski definition) is 1. The average Bonchev–Trinajstić information content (AvgIpc) is 2.64. The van der Waals surface area contributed by atoms with Crippen LogP contribution in [0.1, 0.15) is 51.4 Å². The van der Waals surface area contributed by atoms with E-state index in [0.717, 1.165) is 5.75 Å². The van der Waals surface area contributed by atoms with Gasteiger partial charge in [0.15, 0.2) is 0 Å². The van der Waals surface area contributed by atoms with E-state index >= 15 is 0 Å². The predicted octanol–water partition coefficient (Wildman–Crippen LogP) is 3.35. The summed E-state index contributed by atoms with van der Waals surface area (Å²) in [5, 5.41) is 0. The van der Waals surface area contributed by atoms with Gasteiger partial charge in [-0.1, -0.05) is 25.7 Å². The zero-order valence-electron chi connectivity index (χ0n) is 9.88. The maximum Gasteiger partial charge on any atom is 0.00458 e. The largest absolute Gasteiger partial charge is 0.303 e. The molecule has 0 atom stereocenters. The number of rotatable bonds is 3. The molecule has 0 bridgehead atoms. The van der Waals surface area contributed by atoms with Gasteiger partial charge in [0.05, 0.1) is 0 Å². The summed E-state index contributed by atoms with van der Waals surface area (Å²) in [6, 6.07) is 0. The van der Waals surface area contributed by atoms with Crippen LogP contribution in [0.2, 0.25) is 0 Å². The second-order valence-electron chi connectivity index (χ2n) is 5.56. The molecule has 15 heavy (non-hydrogen) atoms. The van der Waals surface area contributed by atoms with Crippen LogP contribution in [-0.4, -0.2) is 30.3 Å². The lowest BCUT2D eigenvalue weighted by Gasteiger charge is -2.35. The molecule has 2 rings (SSSR count). The van der Waals surface area contributed by atoms with Gasteiger partial charge in [-0.2, -0.15) is 12.6 Å². The van der Waals surface area contributed by atoms with Gasteiger partial charge in [0.2, 0.25) is 0 Å². The normalized spacial score (nSPS) is 27.8. The zero-order valence-corrected chi connectivity index (χ0v) is 10.8. The molecule has 1 aliphatic carbocycles. The molecular formula is C13H25NS. The summed E-state index contributed by atoms with van der Waals surface area (Å²) in [6.07, 6.45) is 11.5. The first kappa shape index (κ1) is 11.8. The quantitative estimate of drug-likeness (QED) is 0.571. The summed E-state index contributed by atoms with van der Waals surface area (Å²) in [6.45, 7) is 4.02. The first-order chi connectivity index (χ1) is 7.35. The third-order valence-corrected chi connectivity index (χ3v) is 4.93. The van der Waals surface area contributed by atoms with E-state index in [0.29, 0.717) is 5.41 Å². The molecule has 0 radical (unpaired) electrons. The van der Waals surface area contributed by atoms with Crippen LogP contribution in [0.25, 0.3) is 0 Å². The summed E-state index contributed by atoms with van der Waals surface area (Å²) in [5.41, 5.74) is 0.559. The molecule has 1 heterocycles. The van der Waals surface area contributed by atoms with Gasteiger partial charge < -0.3 is 4.90 Å². The van der Waals surface area contributed by atoms with Crippen molar-refractivity contribution in [3.8, 4) is 0 Å². The molecule has 0 amide bonds. The summed E-state index contributed by atoms with van der Waals surface area (Å²) in [7, 11) is 0. The molecule has 0 aromatic rings. The van der Waals surface area contributed by atoms with Crippen LogP contribution < -0.4 is 0 Å². The molecule has 2 fully saturated rings. The summed E-state index contributed by atoms with van der Waals surface area (Å²) < 4.78 is 0. The van der Waals surface area contributed by atoms with E-state index in [1.807, 2.05) is 0 Å². The number of thiol groups is 1. The lowest BCUT2D eigenvalue weighted by Crippen LogP contribution is -2.37. The van der Waals surface area contributed by atoms with E-state index in [-0.39, 0.29) is 0 Å². The fourth-order valence-corrected chi connectivity index (χ4v) is 3.68. The number of nitrogens with zero attached hydrogens (tertiary/aromatic N) is 1. The molecule has 1 aliphatic heterocycles. The molecule has 0 unspecified atom stereocenters. The molecule has 0 aromatic heterocycles. The minimum Gasteiger partial charge on any atom is -0.303 e. The van der Waals surface area contributed by atoms with E-state index in [4.69, 9.17) is 0 Å². The minimum absolute atomic E-state index is 0.559. The second-order valence-corrected chi connectivity index (χ2v) is 5.87. The molecule has 0 N–H and O–H groups in total. The zero-order chi connectivity index (χ0) is 10.6. The van der Waals surface area contributed by atoms with Crippen molar-refractivity contribution in [1.82, 2.24) is 4.90 Å². The maximum absolute atomic E-state index is 4.64. The molecule has 1 saturated heterocycles. The lowest BCUT2D eigenvalue weighted by molar-refractivity contribution is 0.174. The van der Waals surface area contributed by atoms with E-state index in [1.54, 1.807) is 0 Å². The van der Waals surface area contributed by atoms with Gasteiger partial charge in [-0.3, -0.25) is 0 Å². The van der Waals surface area contributed by atoms with E-state index < -0.39 is 0 Å². The first-order valence-corrected chi connectivity index (χ1v) is 7.31. The minimum atomic E-state index is 0.559. The van der Waals surface area contributed by atoms with Gasteiger partial charge in [0.25, 0.3) is 0 Å². The third-order valence-electron chi connectivity index (χ3n) is 4.26. The third kappa shape index (κ3) is 3.13. The Morgan fingerprint density at radius 1 is 0.867 bits per heavy atom. The topological polar surface area (TPSA) is 3.24 Å². The molecule has 2 heteroatoms. The maximum atomic E-state index is 4.64. The molecule has 88 valence electrons. The van der Waals surface area contributed by atoms with Gasteiger partial charge in [-0.05, 0) is 49.9 Å². The summed E-state index contributed by atoms with van der Waals surface area (Å²) >= 11 is 4.64. The van der Waals surface area contributed by atoms with Crippen LogP contribution in [-0.2, 0) is 0 Å². The van der Waals surface area contributed by atoms with Crippen molar-refractivity contribution < 1.29 is 0 Å². The Morgan fingerprint density at radius 3 is 2.00 bits per heavy atom. The van der Waals surface area contributed by atoms with Crippen molar-refractivity contribution in [2.45, 2.75) is 51.4 Å². The lowest BCUT2D eigenvalue weighted by atomic mass is 9.82. The Morgan fingerprint density at radius 2 is 1.47 bits per heavy atom. The van der Waals surface area contributed by atoms with Crippen molar-refractivity contribution >= 4 is 12.6 Å². The van der Waals surface area contributed by atoms with Crippen LogP contribution in [0.3, 0.4) is 0 Å². The van der Waals surface area contributed by atoms with Gasteiger partial charge in [0, 0.05) is 6.54 Å². The first-order valence-electron chi connectivity index (χ1n) is 6.68. The highest BCUT2D eigenvalue weighted by molar-refractivity contribution is 7.80. The van der Waals surface area contributed by atoms with Crippen molar-refractivity contribution in [3.63, 3.8) is 0 Å². The van der Waals surface area contributed by atoms with Crippen LogP contribution in [0, 0.1) is 5.41 Å². The summed E-state index contributed by atoms with van der Waals surface area (Å²) in [5.74, 6) is 1.10. The molecule has 1 nitrogen and oxygen atoms in total. The van der Waals surface area contributed by atoms with E-state index in [2.05, 4.69) is 17.5 Å². The van der Waals surface area contributed by atoms with Crippen molar-refractivity contribution in [2.75, 3.05) is 25.4 Å². The standard InChI is InChI=1S/C13H25NS/c15-12-13(7-3-1-2-4-8-13)11-14-9-5-6-10-14/h15H,1-12H2. The molecule has 1 saturated carbocycles. The van der Waals surface area contributed by atoms with E-state index in [1.165, 1.54) is 71.0 Å². The van der Waals surface area contributed by atoms with Crippen LogP contribution in [0.5, 0.6) is 0 Å². The van der Waals surface area contributed by atoms with Crippen molar-refractivity contribution in [2.24, 2.45) is 5.41 Å². The average molecular weight is 227 g/mol. The van der Waals surface area contributed by atoms with Gasteiger partial charge in [-0.25, -0.2) is 0 Å².